The molecule has 4 rings (SSSR count). The Balaban J connectivity index is 1.64. The number of carbonyl (C=O) groups excluding carboxylic acids is 1. The Morgan fingerprint density at radius 1 is 0.930 bits per heavy atom. The highest BCUT2D eigenvalue weighted by Gasteiger charge is 2.28. The number of aryl methyl sites for hydroxylation is 1. The van der Waals surface area contributed by atoms with Crippen LogP contribution in [0.5, 0.6) is 11.5 Å². The molecule has 43 heavy (non-hydrogen) atoms. The lowest BCUT2D eigenvalue weighted by Gasteiger charge is -2.26. The second-order valence-electron chi connectivity index (χ2n) is 9.66. The maximum absolute atomic E-state index is 14.0. The van der Waals surface area contributed by atoms with Crippen LogP contribution in [0.25, 0.3) is 0 Å². The van der Waals surface area contributed by atoms with Crippen LogP contribution < -0.4 is 19.2 Å². The van der Waals surface area contributed by atoms with Crippen LogP contribution in [0.4, 0.5) is 5.69 Å². The lowest BCUT2D eigenvalue weighted by molar-refractivity contribution is 0.0955. The third-order valence-electron chi connectivity index (χ3n) is 6.37. The summed E-state index contributed by atoms with van der Waals surface area (Å²) in [6, 6.07) is 25.4. The molecule has 0 aliphatic carbocycles. The summed E-state index contributed by atoms with van der Waals surface area (Å²) in [7, 11) is -4.06. The van der Waals surface area contributed by atoms with Crippen molar-refractivity contribution in [1.29, 1.82) is 0 Å². The van der Waals surface area contributed by atoms with Crippen LogP contribution in [0.2, 0.25) is 5.02 Å². The summed E-state index contributed by atoms with van der Waals surface area (Å²) < 4.78 is 40.6. The third-order valence-corrected chi connectivity index (χ3v) is 8.40. The summed E-state index contributed by atoms with van der Waals surface area (Å²) in [5.41, 5.74) is 5.20. The molecule has 4 aromatic carbocycles. The summed E-state index contributed by atoms with van der Waals surface area (Å²) in [5, 5.41) is 4.66. The van der Waals surface area contributed by atoms with Gasteiger partial charge in [0, 0.05) is 5.02 Å². The summed E-state index contributed by atoms with van der Waals surface area (Å²) in [6.45, 7) is 6.81. The molecule has 0 radical (unpaired) electrons. The Morgan fingerprint density at radius 3 is 2.35 bits per heavy atom. The van der Waals surface area contributed by atoms with Crippen molar-refractivity contribution in [1.82, 2.24) is 5.43 Å². The van der Waals surface area contributed by atoms with Gasteiger partial charge in [-0.3, -0.25) is 9.10 Å². The molecule has 10 heteroatoms. The Hall–Kier alpha value is -4.34. The van der Waals surface area contributed by atoms with E-state index in [0.29, 0.717) is 40.9 Å². The van der Waals surface area contributed by atoms with Gasteiger partial charge < -0.3 is 9.47 Å². The van der Waals surface area contributed by atoms with E-state index in [4.69, 9.17) is 21.1 Å². The van der Waals surface area contributed by atoms with Gasteiger partial charge in [-0.25, -0.2) is 13.8 Å². The number of nitrogens with one attached hydrogen (secondary N) is 1. The van der Waals surface area contributed by atoms with Crippen LogP contribution in [-0.2, 0) is 16.6 Å². The van der Waals surface area contributed by atoms with Crippen molar-refractivity contribution in [3.63, 3.8) is 0 Å². The second kappa shape index (κ2) is 14.7. The zero-order valence-corrected chi connectivity index (χ0v) is 25.9. The molecule has 0 saturated heterocycles. The number of sulfonamides is 1. The Labute approximate surface area is 258 Å². The highest BCUT2D eigenvalue weighted by Crippen LogP contribution is 2.30. The topological polar surface area (TPSA) is 97.3 Å². The van der Waals surface area contributed by atoms with Gasteiger partial charge in [-0.1, -0.05) is 60.5 Å². The number of benzene rings is 4. The van der Waals surface area contributed by atoms with E-state index < -0.39 is 15.9 Å². The molecule has 0 bridgehead atoms. The van der Waals surface area contributed by atoms with Crippen LogP contribution in [0.1, 0.15) is 47.3 Å². The molecule has 4 aromatic rings. The quantitative estimate of drug-likeness (QED) is 0.128. The van der Waals surface area contributed by atoms with Gasteiger partial charge in [-0.05, 0) is 86.0 Å². The molecule has 0 saturated carbocycles. The zero-order valence-electron chi connectivity index (χ0n) is 24.3. The van der Waals surface area contributed by atoms with Gasteiger partial charge in [0.25, 0.3) is 15.9 Å². The molecule has 0 aromatic heterocycles. The van der Waals surface area contributed by atoms with Gasteiger partial charge in [0.05, 0.1) is 42.1 Å². The Morgan fingerprint density at radius 2 is 1.65 bits per heavy atom. The normalized spacial score (nSPS) is 11.3. The molecule has 8 nitrogen and oxygen atoms in total. The van der Waals surface area contributed by atoms with E-state index in [-0.39, 0.29) is 22.7 Å². The molecular formula is C33H34ClN3O5S. The van der Waals surface area contributed by atoms with Crippen molar-refractivity contribution in [3.8, 4) is 11.5 Å². The van der Waals surface area contributed by atoms with E-state index in [0.717, 1.165) is 12.0 Å². The van der Waals surface area contributed by atoms with Crippen LogP contribution in [0.3, 0.4) is 0 Å². The summed E-state index contributed by atoms with van der Waals surface area (Å²) >= 11 is 6.07. The van der Waals surface area contributed by atoms with Crippen molar-refractivity contribution in [3.05, 3.63) is 118 Å². The van der Waals surface area contributed by atoms with Crippen molar-refractivity contribution in [2.75, 3.05) is 17.5 Å². The summed E-state index contributed by atoms with van der Waals surface area (Å²) in [6.07, 6.45) is 2.35. The van der Waals surface area contributed by atoms with Gasteiger partial charge in [0.15, 0.2) is 11.5 Å². The summed E-state index contributed by atoms with van der Waals surface area (Å²) in [4.78, 5) is 13.5. The predicted molar refractivity (Wildman–Crippen MR) is 171 cm³/mol. The minimum absolute atomic E-state index is 0.0202. The average Bonchev–Trinajstić information content (AvgIpc) is 3.00. The van der Waals surface area contributed by atoms with Crippen molar-refractivity contribution >= 4 is 39.4 Å². The molecule has 0 spiro atoms. The average molecular weight is 620 g/mol. The number of ether oxygens (including phenoxy) is 2. The van der Waals surface area contributed by atoms with E-state index >= 15 is 0 Å². The number of amides is 1. The fourth-order valence-electron chi connectivity index (χ4n) is 4.21. The molecule has 0 atom stereocenters. The first-order chi connectivity index (χ1) is 20.7. The van der Waals surface area contributed by atoms with Gasteiger partial charge in [0.1, 0.15) is 0 Å². The fraction of sp³-hybridized carbons (Fsp3) is 0.212. The molecule has 0 fully saturated rings. The van der Waals surface area contributed by atoms with Crippen LogP contribution in [0.15, 0.2) is 101 Å². The number of rotatable bonds is 13. The minimum Gasteiger partial charge on any atom is -0.490 e. The molecule has 0 heterocycles. The van der Waals surface area contributed by atoms with Crippen LogP contribution >= 0.6 is 11.6 Å². The Bertz CT molecular complexity index is 1670. The van der Waals surface area contributed by atoms with Gasteiger partial charge >= 0.3 is 0 Å². The minimum atomic E-state index is -4.06. The first-order valence-electron chi connectivity index (χ1n) is 13.9. The van der Waals surface area contributed by atoms with E-state index in [9.17, 15) is 13.2 Å². The van der Waals surface area contributed by atoms with Crippen molar-refractivity contribution in [2.45, 2.75) is 38.6 Å². The second-order valence-corrected chi connectivity index (χ2v) is 12.0. The van der Waals surface area contributed by atoms with Gasteiger partial charge in [-0.2, -0.15) is 5.10 Å². The maximum Gasteiger partial charge on any atom is 0.273 e. The van der Waals surface area contributed by atoms with Crippen molar-refractivity contribution in [2.24, 2.45) is 5.10 Å². The monoisotopic (exact) mass is 619 g/mol. The zero-order chi connectivity index (χ0) is 30.8. The lowest BCUT2D eigenvalue weighted by Crippen LogP contribution is -2.33. The first-order valence-corrected chi connectivity index (χ1v) is 15.7. The Kier molecular flexibility index (Phi) is 10.8. The number of nitrogens with zero attached hydrogens (tertiary/aromatic N) is 2. The molecule has 224 valence electrons. The summed E-state index contributed by atoms with van der Waals surface area (Å²) in [5.74, 6) is 0.644. The number of anilines is 1. The number of hydrazone groups is 1. The van der Waals surface area contributed by atoms with Gasteiger partial charge in [-0.15, -0.1) is 0 Å². The molecule has 1 amide bonds. The number of hydrogen-bond acceptors (Lipinski definition) is 6. The highest BCUT2D eigenvalue weighted by molar-refractivity contribution is 7.92. The first kappa shape index (κ1) is 31.6. The number of carbonyl (C=O) groups is 1. The molecule has 0 unspecified atom stereocenters. The van der Waals surface area contributed by atoms with Crippen LogP contribution in [-0.4, -0.2) is 33.8 Å². The molecule has 0 aliphatic heterocycles. The largest absolute Gasteiger partial charge is 0.490 e. The van der Waals surface area contributed by atoms with E-state index in [1.54, 1.807) is 91.0 Å². The van der Waals surface area contributed by atoms with Crippen LogP contribution in [0, 0.1) is 6.92 Å². The maximum atomic E-state index is 14.0. The number of halogens is 1. The van der Waals surface area contributed by atoms with E-state index in [1.165, 1.54) is 10.5 Å². The van der Waals surface area contributed by atoms with E-state index in [1.807, 2.05) is 20.8 Å². The number of hydrogen-bond donors (Lipinski definition) is 1. The molecular weight excluding hydrogens is 586 g/mol. The highest BCUT2D eigenvalue weighted by atomic mass is 35.5. The van der Waals surface area contributed by atoms with Gasteiger partial charge in [0.2, 0.25) is 0 Å². The number of para-hydroxylation sites is 1. The standard InChI is InChI=1S/C33H34ClN3O5S/c1-4-20-42-31-19-14-26(21-32(31)41-5-2)22-35-36-33(38)29-8-6-7-9-30(29)37(23-25-12-15-27(34)16-13-25)43(39,40)28-17-10-24(3)11-18-28/h6-19,21-22H,4-5,20,23H2,1-3H3,(H,36,38)/b35-22-. The predicted octanol–water partition coefficient (Wildman–Crippen LogP) is 7.00. The van der Waals surface area contributed by atoms with E-state index in [2.05, 4.69) is 10.5 Å². The SMILES string of the molecule is CCCOc1ccc(/C=N\NC(=O)c2ccccc2N(Cc2ccc(Cl)cc2)S(=O)(=O)c2ccc(C)cc2)cc1OCC. The molecule has 1 N–H and O–H groups in total. The fourth-order valence-corrected chi connectivity index (χ4v) is 5.80. The molecule has 0 aliphatic rings. The van der Waals surface area contributed by atoms with Crippen molar-refractivity contribution < 1.29 is 22.7 Å². The third kappa shape index (κ3) is 8.15. The lowest BCUT2D eigenvalue weighted by atomic mass is 10.1. The smallest absolute Gasteiger partial charge is 0.273 e.